The number of rotatable bonds is 3. The van der Waals surface area contributed by atoms with Gasteiger partial charge in [0, 0.05) is 42.1 Å². The molecule has 2 N–H and O–H groups in total. The summed E-state index contributed by atoms with van der Waals surface area (Å²) in [6.45, 7) is 3.52. The van der Waals surface area contributed by atoms with Crippen LogP contribution >= 0.6 is 11.6 Å². The summed E-state index contributed by atoms with van der Waals surface area (Å²) < 4.78 is 0. The van der Waals surface area contributed by atoms with E-state index in [4.69, 9.17) is 17.3 Å². The van der Waals surface area contributed by atoms with Crippen molar-refractivity contribution in [2.24, 2.45) is 11.7 Å². The molecule has 4 nitrogen and oxygen atoms in total. The van der Waals surface area contributed by atoms with Gasteiger partial charge in [-0.3, -0.25) is 9.78 Å². The van der Waals surface area contributed by atoms with Crippen LogP contribution < -0.4 is 5.73 Å². The molecule has 0 radical (unpaired) electrons. The van der Waals surface area contributed by atoms with E-state index in [0.29, 0.717) is 16.5 Å². The fourth-order valence-electron chi connectivity index (χ4n) is 3.16. The van der Waals surface area contributed by atoms with Gasteiger partial charge in [0.05, 0.1) is 5.56 Å². The number of hydrogen-bond donors (Lipinski definition) is 1. The molecular formula is C19H22ClN3O. The van der Waals surface area contributed by atoms with Crippen molar-refractivity contribution in [1.29, 1.82) is 0 Å². The van der Waals surface area contributed by atoms with Crippen molar-refractivity contribution in [2.45, 2.75) is 25.8 Å². The van der Waals surface area contributed by atoms with Gasteiger partial charge in [0.25, 0.3) is 5.91 Å². The van der Waals surface area contributed by atoms with Crippen molar-refractivity contribution in [1.82, 2.24) is 9.88 Å². The second-order valence-corrected chi connectivity index (χ2v) is 6.92. The lowest BCUT2D eigenvalue weighted by Crippen LogP contribution is -2.45. The summed E-state index contributed by atoms with van der Waals surface area (Å²) in [6, 6.07) is 9.54. The van der Waals surface area contributed by atoms with Crippen molar-refractivity contribution in [2.75, 3.05) is 13.1 Å². The minimum Gasteiger partial charge on any atom is -0.338 e. The van der Waals surface area contributed by atoms with Gasteiger partial charge >= 0.3 is 0 Å². The standard InChI is InChI=1S/C19H22ClN3O/c1-13(21)15-3-2-8-23(12-15)19(24)17-9-16(10-22-11-17)14-4-6-18(20)7-5-14/h4-7,9-11,13,15H,2-3,8,12,21H2,1H3. The first-order valence-corrected chi connectivity index (χ1v) is 8.68. The maximum atomic E-state index is 12.8. The highest BCUT2D eigenvalue weighted by molar-refractivity contribution is 6.30. The molecule has 0 saturated carbocycles. The molecule has 1 amide bonds. The molecule has 1 aliphatic heterocycles. The van der Waals surface area contributed by atoms with Gasteiger partial charge in [-0.15, -0.1) is 0 Å². The van der Waals surface area contributed by atoms with Crippen LogP contribution in [0.2, 0.25) is 5.02 Å². The second kappa shape index (κ2) is 7.32. The molecule has 5 heteroatoms. The summed E-state index contributed by atoms with van der Waals surface area (Å²) in [4.78, 5) is 19.0. The zero-order chi connectivity index (χ0) is 17.1. The van der Waals surface area contributed by atoms with Gasteiger partial charge in [0.1, 0.15) is 0 Å². The molecule has 1 aromatic heterocycles. The highest BCUT2D eigenvalue weighted by atomic mass is 35.5. The van der Waals surface area contributed by atoms with E-state index >= 15 is 0 Å². The predicted molar refractivity (Wildman–Crippen MR) is 97.0 cm³/mol. The molecule has 2 atom stereocenters. The number of carbonyl (C=O) groups is 1. The Morgan fingerprint density at radius 2 is 2.04 bits per heavy atom. The first-order chi connectivity index (χ1) is 11.5. The third kappa shape index (κ3) is 3.77. The number of carbonyl (C=O) groups excluding carboxylic acids is 1. The molecule has 1 aromatic carbocycles. The number of halogens is 1. The van der Waals surface area contributed by atoms with E-state index in [1.165, 1.54) is 0 Å². The summed E-state index contributed by atoms with van der Waals surface area (Å²) in [5.74, 6) is 0.402. The van der Waals surface area contributed by atoms with E-state index in [-0.39, 0.29) is 11.9 Å². The number of nitrogens with zero attached hydrogens (tertiary/aromatic N) is 2. The number of pyridine rings is 1. The Morgan fingerprint density at radius 3 is 2.75 bits per heavy atom. The van der Waals surface area contributed by atoms with E-state index in [1.807, 2.05) is 42.2 Å². The van der Waals surface area contributed by atoms with Crippen molar-refractivity contribution >= 4 is 17.5 Å². The van der Waals surface area contributed by atoms with Crippen LogP contribution in [0, 0.1) is 5.92 Å². The van der Waals surface area contributed by atoms with Gasteiger partial charge in [-0.25, -0.2) is 0 Å². The number of likely N-dealkylation sites (tertiary alicyclic amines) is 1. The topological polar surface area (TPSA) is 59.2 Å². The van der Waals surface area contributed by atoms with Gasteiger partial charge in [-0.2, -0.15) is 0 Å². The molecule has 1 aliphatic rings. The Morgan fingerprint density at radius 1 is 1.29 bits per heavy atom. The number of nitrogens with two attached hydrogens (primary N) is 1. The Balaban J connectivity index is 1.80. The van der Waals surface area contributed by atoms with Gasteiger partial charge in [-0.1, -0.05) is 23.7 Å². The van der Waals surface area contributed by atoms with Gasteiger partial charge in [-0.05, 0) is 49.4 Å². The summed E-state index contributed by atoms with van der Waals surface area (Å²) in [5.41, 5.74) is 8.55. The first-order valence-electron chi connectivity index (χ1n) is 8.30. The quantitative estimate of drug-likeness (QED) is 0.926. The average molecular weight is 344 g/mol. The van der Waals surface area contributed by atoms with Crippen LogP contribution in [-0.4, -0.2) is 34.9 Å². The van der Waals surface area contributed by atoms with Crippen LogP contribution in [0.1, 0.15) is 30.1 Å². The SMILES string of the molecule is CC(N)C1CCCN(C(=O)c2cncc(-c3ccc(Cl)cc3)c2)C1. The summed E-state index contributed by atoms with van der Waals surface area (Å²) in [5, 5.41) is 0.689. The lowest BCUT2D eigenvalue weighted by molar-refractivity contribution is 0.0660. The fourth-order valence-corrected chi connectivity index (χ4v) is 3.29. The second-order valence-electron chi connectivity index (χ2n) is 6.48. The lowest BCUT2D eigenvalue weighted by Gasteiger charge is -2.34. The Hall–Kier alpha value is -1.91. The molecule has 2 unspecified atom stereocenters. The summed E-state index contributed by atoms with van der Waals surface area (Å²) in [7, 11) is 0. The summed E-state index contributed by atoms with van der Waals surface area (Å²) >= 11 is 5.93. The molecular weight excluding hydrogens is 322 g/mol. The fraction of sp³-hybridized carbons (Fsp3) is 0.368. The first kappa shape index (κ1) is 16.9. The Labute approximate surface area is 147 Å². The molecule has 2 aromatic rings. The third-order valence-corrected chi connectivity index (χ3v) is 4.90. The highest BCUT2D eigenvalue weighted by Crippen LogP contribution is 2.24. The minimum absolute atomic E-state index is 0.0312. The Bertz CT molecular complexity index is 715. The number of hydrogen-bond acceptors (Lipinski definition) is 3. The van der Waals surface area contributed by atoms with Crippen LogP contribution in [0.3, 0.4) is 0 Å². The minimum atomic E-state index is 0.0312. The van der Waals surface area contributed by atoms with E-state index in [9.17, 15) is 4.79 Å². The van der Waals surface area contributed by atoms with Crippen LogP contribution in [0.4, 0.5) is 0 Å². The van der Waals surface area contributed by atoms with E-state index in [0.717, 1.165) is 37.1 Å². The normalized spacial score (nSPS) is 19.1. The smallest absolute Gasteiger partial charge is 0.255 e. The molecule has 0 bridgehead atoms. The number of amides is 1. The van der Waals surface area contributed by atoms with Crippen molar-refractivity contribution in [3.8, 4) is 11.1 Å². The number of aromatic nitrogens is 1. The van der Waals surface area contributed by atoms with Gasteiger partial charge in [0.2, 0.25) is 0 Å². The molecule has 126 valence electrons. The zero-order valence-corrected chi connectivity index (χ0v) is 14.5. The molecule has 2 heterocycles. The van der Waals surface area contributed by atoms with Crippen LogP contribution in [0.5, 0.6) is 0 Å². The lowest BCUT2D eigenvalue weighted by atomic mass is 9.92. The number of piperidine rings is 1. The van der Waals surface area contributed by atoms with Crippen molar-refractivity contribution in [3.05, 3.63) is 53.3 Å². The van der Waals surface area contributed by atoms with Crippen LogP contribution in [0.15, 0.2) is 42.7 Å². The molecule has 0 spiro atoms. The van der Waals surface area contributed by atoms with Crippen molar-refractivity contribution < 1.29 is 4.79 Å². The predicted octanol–water partition coefficient (Wildman–Crippen LogP) is 3.60. The van der Waals surface area contributed by atoms with E-state index < -0.39 is 0 Å². The monoisotopic (exact) mass is 343 g/mol. The Kier molecular flexibility index (Phi) is 5.17. The molecule has 1 saturated heterocycles. The van der Waals surface area contributed by atoms with Gasteiger partial charge < -0.3 is 10.6 Å². The van der Waals surface area contributed by atoms with Crippen molar-refractivity contribution in [3.63, 3.8) is 0 Å². The van der Waals surface area contributed by atoms with E-state index in [2.05, 4.69) is 4.98 Å². The van der Waals surface area contributed by atoms with Crippen LogP contribution in [0.25, 0.3) is 11.1 Å². The molecule has 1 fully saturated rings. The average Bonchev–Trinajstić information content (AvgIpc) is 2.62. The summed E-state index contributed by atoms with van der Waals surface area (Å²) in [6.07, 6.45) is 5.49. The third-order valence-electron chi connectivity index (χ3n) is 4.65. The van der Waals surface area contributed by atoms with E-state index in [1.54, 1.807) is 12.4 Å². The zero-order valence-electron chi connectivity index (χ0n) is 13.8. The highest BCUT2D eigenvalue weighted by Gasteiger charge is 2.26. The molecule has 24 heavy (non-hydrogen) atoms. The maximum absolute atomic E-state index is 12.8. The maximum Gasteiger partial charge on any atom is 0.255 e. The van der Waals surface area contributed by atoms with Gasteiger partial charge in [0.15, 0.2) is 0 Å². The molecule has 0 aliphatic carbocycles. The number of benzene rings is 1. The largest absolute Gasteiger partial charge is 0.338 e. The molecule has 3 rings (SSSR count). The van der Waals surface area contributed by atoms with Crippen LogP contribution in [-0.2, 0) is 0 Å².